The first-order chi connectivity index (χ1) is 11.7. The summed E-state index contributed by atoms with van der Waals surface area (Å²) in [6.07, 6.45) is 1.39. The minimum absolute atomic E-state index is 0.0349. The standard InChI is InChI=1S/C15H19FN6O2/c16-13-3-1-12(2-4-13)14(21-5-7-24-8-6-21)9-17-15(23)10-22-11-18-19-20-22/h1-4,11,14H,5-10H2,(H,17,23). The highest BCUT2D eigenvalue weighted by molar-refractivity contribution is 5.75. The highest BCUT2D eigenvalue weighted by Gasteiger charge is 2.23. The summed E-state index contributed by atoms with van der Waals surface area (Å²) in [7, 11) is 0. The number of nitrogens with zero attached hydrogens (tertiary/aromatic N) is 5. The Kier molecular flexibility index (Phi) is 5.44. The molecule has 3 rings (SSSR count). The number of tetrazole rings is 1. The molecule has 9 heteroatoms. The van der Waals surface area contributed by atoms with Gasteiger partial charge in [0, 0.05) is 19.6 Å². The number of carbonyl (C=O) groups excluding carboxylic acids is 1. The molecule has 1 N–H and O–H groups in total. The lowest BCUT2D eigenvalue weighted by Gasteiger charge is -2.35. The van der Waals surface area contributed by atoms with E-state index in [1.807, 2.05) is 0 Å². The second-order valence-electron chi connectivity index (χ2n) is 5.53. The van der Waals surface area contributed by atoms with Crippen LogP contribution >= 0.6 is 0 Å². The first kappa shape index (κ1) is 16.5. The van der Waals surface area contributed by atoms with Gasteiger partial charge in [-0.25, -0.2) is 9.07 Å². The summed E-state index contributed by atoms with van der Waals surface area (Å²) >= 11 is 0. The van der Waals surface area contributed by atoms with Crippen molar-refractivity contribution in [1.82, 2.24) is 30.4 Å². The van der Waals surface area contributed by atoms with E-state index in [2.05, 4.69) is 25.7 Å². The van der Waals surface area contributed by atoms with Crippen LogP contribution in [-0.4, -0.2) is 63.9 Å². The number of hydrogen-bond acceptors (Lipinski definition) is 6. The van der Waals surface area contributed by atoms with E-state index in [0.717, 1.165) is 18.7 Å². The number of morpholine rings is 1. The zero-order valence-electron chi connectivity index (χ0n) is 13.1. The third-order valence-electron chi connectivity index (χ3n) is 3.93. The van der Waals surface area contributed by atoms with Crippen LogP contribution in [0.15, 0.2) is 30.6 Å². The molecule has 24 heavy (non-hydrogen) atoms. The van der Waals surface area contributed by atoms with Gasteiger partial charge in [-0.05, 0) is 28.1 Å². The van der Waals surface area contributed by atoms with Crippen molar-refractivity contribution in [3.8, 4) is 0 Å². The molecule has 2 aromatic rings. The van der Waals surface area contributed by atoms with Crippen molar-refractivity contribution >= 4 is 5.91 Å². The molecular weight excluding hydrogens is 315 g/mol. The molecule has 2 heterocycles. The Morgan fingerprint density at radius 2 is 2.04 bits per heavy atom. The van der Waals surface area contributed by atoms with Crippen molar-refractivity contribution in [2.75, 3.05) is 32.8 Å². The largest absolute Gasteiger partial charge is 0.379 e. The molecule has 1 aromatic heterocycles. The Bertz CT molecular complexity index is 642. The van der Waals surface area contributed by atoms with Gasteiger partial charge in [-0.3, -0.25) is 9.69 Å². The number of halogens is 1. The van der Waals surface area contributed by atoms with Crippen LogP contribution in [-0.2, 0) is 16.1 Å². The Morgan fingerprint density at radius 3 is 2.71 bits per heavy atom. The van der Waals surface area contributed by atoms with Crippen LogP contribution in [0.4, 0.5) is 4.39 Å². The second kappa shape index (κ2) is 7.93. The summed E-state index contributed by atoms with van der Waals surface area (Å²) in [5.74, 6) is -0.454. The minimum atomic E-state index is -0.276. The van der Waals surface area contributed by atoms with Crippen molar-refractivity contribution in [1.29, 1.82) is 0 Å². The first-order valence-electron chi connectivity index (χ1n) is 7.77. The lowest BCUT2D eigenvalue weighted by atomic mass is 10.0. The molecule has 0 spiro atoms. The molecule has 1 fully saturated rings. The number of amides is 1. The van der Waals surface area contributed by atoms with Gasteiger partial charge in [-0.1, -0.05) is 12.1 Å². The van der Waals surface area contributed by atoms with Crippen molar-refractivity contribution < 1.29 is 13.9 Å². The minimum Gasteiger partial charge on any atom is -0.379 e. The topological polar surface area (TPSA) is 85.2 Å². The molecule has 0 aliphatic carbocycles. The van der Waals surface area contributed by atoms with Crippen molar-refractivity contribution in [3.63, 3.8) is 0 Å². The Labute approximate surface area is 138 Å². The van der Waals surface area contributed by atoms with E-state index >= 15 is 0 Å². The Morgan fingerprint density at radius 1 is 1.29 bits per heavy atom. The summed E-state index contributed by atoms with van der Waals surface area (Å²) in [5, 5.41) is 13.6. The number of rotatable bonds is 6. The molecule has 8 nitrogen and oxygen atoms in total. The number of hydrogen-bond donors (Lipinski definition) is 1. The van der Waals surface area contributed by atoms with E-state index < -0.39 is 0 Å². The average Bonchev–Trinajstić information content (AvgIpc) is 3.10. The van der Waals surface area contributed by atoms with E-state index in [1.54, 1.807) is 12.1 Å². The van der Waals surface area contributed by atoms with Gasteiger partial charge in [0.25, 0.3) is 0 Å². The van der Waals surface area contributed by atoms with E-state index in [4.69, 9.17) is 4.74 Å². The fourth-order valence-corrected chi connectivity index (χ4v) is 2.70. The Hall–Kier alpha value is -2.39. The molecule has 0 radical (unpaired) electrons. The van der Waals surface area contributed by atoms with Gasteiger partial charge in [0.05, 0.1) is 19.3 Å². The third kappa shape index (κ3) is 4.33. The number of aromatic nitrogens is 4. The maximum Gasteiger partial charge on any atom is 0.241 e. The molecular formula is C15H19FN6O2. The fourth-order valence-electron chi connectivity index (χ4n) is 2.70. The van der Waals surface area contributed by atoms with E-state index in [9.17, 15) is 9.18 Å². The molecule has 1 aliphatic heterocycles. The SMILES string of the molecule is O=C(Cn1cnnn1)NCC(c1ccc(F)cc1)N1CCOCC1. The second-order valence-corrected chi connectivity index (χ2v) is 5.53. The van der Waals surface area contributed by atoms with Crippen LogP contribution in [0.1, 0.15) is 11.6 Å². The molecule has 1 unspecified atom stereocenters. The monoisotopic (exact) mass is 334 g/mol. The highest BCUT2D eigenvalue weighted by Crippen LogP contribution is 2.21. The van der Waals surface area contributed by atoms with Gasteiger partial charge in [0.15, 0.2) is 0 Å². The summed E-state index contributed by atoms with van der Waals surface area (Å²) in [4.78, 5) is 14.3. The number of carbonyl (C=O) groups is 1. The third-order valence-corrected chi connectivity index (χ3v) is 3.93. The van der Waals surface area contributed by atoms with Gasteiger partial charge in [-0.2, -0.15) is 0 Å². The maximum absolute atomic E-state index is 13.2. The van der Waals surface area contributed by atoms with Crippen LogP contribution in [0, 0.1) is 5.82 Å². The lowest BCUT2D eigenvalue weighted by molar-refractivity contribution is -0.122. The number of nitrogens with one attached hydrogen (secondary N) is 1. The predicted molar refractivity (Wildman–Crippen MR) is 82.4 cm³/mol. The fraction of sp³-hybridized carbons (Fsp3) is 0.467. The molecule has 1 saturated heterocycles. The molecule has 1 atom stereocenters. The predicted octanol–water partition coefficient (Wildman–Crippen LogP) is 0.00190. The zero-order valence-corrected chi connectivity index (χ0v) is 13.1. The lowest BCUT2D eigenvalue weighted by Crippen LogP contribution is -2.44. The molecule has 0 saturated carbocycles. The number of benzene rings is 1. The highest BCUT2D eigenvalue weighted by atomic mass is 19.1. The Balaban J connectivity index is 1.65. The van der Waals surface area contributed by atoms with Crippen LogP contribution < -0.4 is 5.32 Å². The van der Waals surface area contributed by atoms with Gasteiger partial charge < -0.3 is 10.1 Å². The van der Waals surface area contributed by atoms with E-state index in [-0.39, 0.29) is 24.3 Å². The van der Waals surface area contributed by atoms with Gasteiger partial charge in [0.2, 0.25) is 5.91 Å². The summed E-state index contributed by atoms with van der Waals surface area (Å²) in [6, 6.07) is 6.34. The molecule has 1 aliphatic rings. The van der Waals surface area contributed by atoms with Crippen molar-refractivity contribution in [2.24, 2.45) is 0 Å². The first-order valence-corrected chi connectivity index (χ1v) is 7.77. The average molecular weight is 334 g/mol. The summed E-state index contributed by atoms with van der Waals surface area (Å²) < 4.78 is 19.9. The quantitative estimate of drug-likeness (QED) is 0.800. The van der Waals surface area contributed by atoms with Gasteiger partial charge in [-0.15, -0.1) is 5.10 Å². The van der Waals surface area contributed by atoms with E-state index in [1.165, 1.54) is 23.1 Å². The van der Waals surface area contributed by atoms with E-state index in [0.29, 0.717) is 19.8 Å². The molecule has 128 valence electrons. The van der Waals surface area contributed by atoms with Crippen LogP contribution in [0.3, 0.4) is 0 Å². The van der Waals surface area contributed by atoms with Crippen molar-refractivity contribution in [2.45, 2.75) is 12.6 Å². The molecule has 0 bridgehead atoms. The van der Waals surface area contributed by atoms with Crippen LogP contribution in [0.25, 0.3) is 0 Å². The molecule has 1 aromatic carbocycles. The van der Waals surface area contributed by atoms with Crippen molar-refractivity contribution in [3.05, 3.63) is 42.0 Å². The van der Waals surface area contributed by atoms with Crippen LogP contribution in [0.2, 0.25) is 0 Å². The maximum atomic E-state index is 13.2. The normalized spacial score (nSPS) is 16.7. The molecule has 1 amide bonds. The van der Waals surface area contributed by atoms with Gasteiger partial charge >= 0.3 is 0 Å². The van der Waals surface area contributed by atoms with Crippen LogP contribution in [0.5, 0.6) is 0 Å². The van der Waals surface area contributed by atoms with Gasteiger partial charge in [0.1, 0.15) is 18.7 Å². The zero-order chi connectivity index (χ0) is 16.8. The summed E-state index contributed by atoms with van der Waals surface area (Å²) in [5.41, 5.74) is 0.959. The summed E-state index contributed by atoms with van der Waals surface area (Å²) in [6.45, 7) is 3.32. The smallest absolute Gasteiger partial charge is 0.241 e. The number of ether oxygens (including phenoxy) is 1.